The highest BCUT2D eigenvalue weighted by molar-refractivity contribution is 5.89. The maximum absolute atomic E-state index is 13.3. The lowest BCUT2D eigenvalue weighted by Crippen LogP contribution is -2.37. The minimum atomic E-state index is -0.300. The van der Waals surface area contributed by atoms with E-state index < -0.39 is 0 Å². The summed E-state index contributed by atoms with van der Waals surface area (Å²) in [5.41, 5.74) is 2.56. The van der Waals surface area contributed by atoms with Gasteiger partial charge in [-0.15, -0.1) is 0 Å². The number of para-hydroxylation sites is 1. The summed E-state index contributed by atoms with van der Waals surface area (Å²) in [5, 5.41) is 3.36. The van der Waals surface area contributed by atoms with Crippen LogP contribution in [0, 0.1) is 5.92 Å². The molecule has 33 heavy (non-hydrogen) atoms. The number of nitrogens with one attached hydrogen (secondary N) is 1. The summed E-state index contributed by atoms with van der Waals surface area (Å²) in [6, 6.07) is 15.4. The topological polar surface area (TPSA) is 91.3 Å². The van der Waals surface area contributed by atoms with Crippen LogP contribution in [-0.2, 0) is 9.59 Å². The number of likely N-dealkylation sites (tertiary alicyclic amines) is 2. The van der Waals surface area contributed by atoms with E-state index in [1.807, 2.05) is 53.4 Å². The third-order valence-electron chi connectivity index (χ3n) is 6.27. The molecule has 168 valence electrons. The molecular weight excluding hydrogens is 416 g/mol. The number of hydrogen-bond acceptors (Lipinski definition) is 6. The molecule has 2 aromatic heterocycles. The predicted octanol–water partition coefficient (Wildman–Crippen LogP) is 3.42. The zero-order valence-electron chi connectivity index (χ0n) is 18.5. The summed E-state index contributed by atoms with van der Waals surface area (Å²) in [7, 11) is 1.75. The molecule has 2 aliphatic heterocycles. The molecule has 0 saturated carbocycles. The van der Waals surface area contributed by atoms with E-state index in [4.69, 9.17) is 9.97 Å². The van der Waals surface area contributed by atoms with E-state index in [2.05, 4.69) is 10.3 Å². The molecule has 0 bridgehead atoms. The molecule has 8 nitrogen and oxygen atoms in total. The first-order valence-electron chi connectivity index (χ1n) is 11.2. The number of amides is 2. The van der Waals surface area contributed by atoms with Gasteiger partial charge in [-0.25, -0.2) is 9.97 Å². The van der Waals surface area contributed by atoms with Crippen LogP contribution in [0.1, 0.15) is 31.1 Å². The number of benzene rings is 1. The Morgan fingerprint density at radius 3 is 2.70 bits per heavy atom. The monoisotopic (exact) mass is 442 g/mol. The average Bonchev–Trinajstić information content (AvgIpc) is 3.46. The third-order valence-corrected chi connectivity index (χ3v) is 6.27. The Bertz CT molecular complexity index is 1150. The van der Waals surface area contributed by atoms with Crippen LogP contribution in [0.25, 0.3) is 11.3 Å². The molecule has 0 unspecified atom stereocenters. The summed E-state index contributed by atoms with van der Waals surface area (Å²) >= 11 is 0. The number of nitrogens with zero attached hydrogens (tertiary/aromatic N) is 5. The molecule has 2 fully saturated rings. The smallest absolute Gasteiger partial charge is 0.228 e. The van der Waals surface area contributed by atoms with Crippen LogP contribution in [0.2, 0.25) is 0 Å². The molecular formula is C25H26N6O2. The van der Waals surface area contributed by atoms with Crippen LogP contribution in [0.15, 0.2) is 60.9 Å². The highest BCUT2D eigenvalue weighted by Crippen LogP contribution is 2.35. The van der Waals surface area contributed by atoms with Gasteiger partial charge in [0.05, 0.1) is 17.7 Å². The Labute approximate surface area is 192 Å². The lowest BCUT2D eigenvalue weighted by Gasteiger charge is -2.26. The molecule has 4 heterocycles. The lowest BCUT2D eigenvalue weighted by molar-refractivity contribution is -0.136. The number of carbonyl (C=O) groups excluding carboxylic acids is 2. The van der Waals surface area contributed by atoms with Crippen molar-refractivity contribution < 1.29 is 9.59 Å². The van der Waals surface area contributed by atoms with Gasteiger partial charge < -0.3 is 15.1 Å². The second kappa shape index (κ2) is 8.97. The first-order chi connectivity index (χ1) is 16.1. The Morgan fingerprint density at radius 2 is 1.97 bits per heavy atom. The molecule has 5 rings (SSSR count). The van der Waals surface area contributed by atoms with E-state index >= 15 is 0 Å². The summed E-state index contributed by atoms with van der Waals surface area (Å²) < 4.78 is 0. The van der Waals surface area contributed by atoms with Gasteiger partial charge >= 0.3 is 0 Å². The normalized spacial score (nSPS) is 20.3. The fourth-order valence-corrected chi connectivity index (χ4v) is 4.57. The molecule has 0 aliphatic carbocycles. The first kappa shape index (κ1) is 21.1. The van der Waals surface area contributed by atoms with E-state index in [0.717, 1.165) is 29.8 Å². The van der Waals surface area contributed by atoms with Crippen LogP contribution in [0.5, 0.6) is 0 Å². The number of hydrogen-bond donors (Lipinski definition) is 1. The summed E-state index contributed by atoms with van der Waals surface area (Å²) in [5.74, 6) is 1.02. The zero-order chi connectivity index (χ0) is 22.8. The maximum atomic E-state index is 13.3. The van der Waals surface area contributed by atoms with Crippen molar-refractivity contribution in [2.75, 3.05) is 25.5 Å². The first-order valence-corrected chi connectivity index (χ1v) is 11.2. The van der Waals surface area contributed by atoms with Crippen molar-refractivity contribution in [3.63, 3.8) is 0 Å². The van der Waals surface area contributed by atoms with Crippen LogP contribution in [0.3, 0.4) is 0 Å². The quantitative estimate of drug-likeness (QED) is 0.651. The van der Waals surface area contributed by atoms with Crippen molar-refractivity contribution in [2.45, 2.75) is 25.3 Å². The predicted molar refractivity (Wildman–Crippen MR) is 124 cm³/mol. The Kier molecular flexibility index (Phi) is 5.73. The van der Waals surface area contributed by atoms with Gasteiger partial charge in [0.25, 0.3) is 0 Å². The molecule has 8 heteroatoms. The van der Waals surface area contributed by atoms with Crippen molar-refractivity contribution in [1.82, 2.24) is 24.8 Å². The summed E-state index contributed by atoms with van der Waals surface area (Å²) in [4.78, 5) is 42.7. The van der Waals surface area contributed by atoms with Crippen molar-refractivity contribution >= 4 is 23.3 Å². The van der Waals surface area contributed by atoms with Crippen molar-refractivity contribution in [3.05, 3.63) is 66.7 Å². The van der Waals surface area contributed by atoms with Crippen LogP contribution in [0.4, 0.5) is 11.5 Å². The Hall–Kier alpha value is -3.81. The van der Waals surface area contributed by atoms with Crippen LogP contribution < -0.4 is 5.32 Å². The van der Waals surface area contributed by atoms with Gasteiger partial charge in [0.1, 0.15) is 5.82 Å². The van der Waals surface area contributed by atoms with Crippen molar-refractivity contribution in [2.24, 2.45) is 5.92 Å². The molecule has 0 radical (unpaired) electrons. The van der Waals surface area contributed by atoms with Gasteiger partial charge in [0.15, 0.2) is 5.82 Å². The Morgan fingerprint density at radius 1 is 1.12 bits per heavy atom. The van der Waals surface area contributed by atoms with E-state index in [-0.39, 0.29) is 30.2 Å². The van der Waals surface area contributed by atoms with E-state index in [9.17, 15) is 9.59 Å². The molecule has 2 atom stereocenters. The van der Waals surface area contributed by atoms with E-state index in [1.165, 1.54) is 0 Å². The van der Waals surface area contributed by atoms with E-state index in [1.54, 1.807) is 24.3 Å². The molecule has 2 amide bonds. The Balaban J connectivity index is 1.48. The molecule has 2 aliphatic rings. The minimum absolute atomic E-state index is 0.0168. The molecule has 1 N–H and O–H groups in total. The zero-order valence-corrected chi connectivity index (χ0v) is 18.5. The van der Waals surface area contributed by atoms with Gasteiger partial charge in [-0.1, -0.05) is 18.2 Å². The highest BCUT2D eigenvalue weighted by atomic mass is 16.2. The third kappa shape index (κ3) is 4.41. The highest BCUT2D eigenvalue weighted by Gasteiger charge is 2.40. The van der Waals surface area contributed by atoms with Gasteiger partial charge in [-0.3, -0.25) is 14.6 Å². The minimum Gasteiger partial charge on any atom is -0.345 e. The van der Waals surface area contributed by atoms with E-state index in [0.29, 0.717) is 24.7 Å². The SMILES string of the molecule is CN1C[C@@H](C(=O)N2CCC[C@@H]2c2nc(Nc3ccccc3)cc(-c3cccnc3)n2)CC1=O. The number of anilines is 2. The molecule has 2 saturated heterocycles. The summed E-state index contributed by atoms with van der Waals surface area (Å²) in [6.45, 7) is 1.12. The van der Waals surface area contributed by atoms with Crippen LogP contribution >= 0.6 is 0 Å². The standard InChI is InChI=1S/C25H26N6O2/c1-30-16-18(13-23(30)32)25(33)31-12-6-10-21(31)24-28-20(17-7-5-11-26-15-17)14-22(29-24)27-19-8-3-2-4-9-19/h2-5,7-9,11,14-15,18,21H,6,10,12-13,16H2,1H3,(H,27,28,29)/t18-,21+/m0/s1. The van der Waals surface area contributed by atoms with Crippen molar-refractivity contribution in [1.29, 1.82) is 0 Å². The number of pyridine rings is 1. The molecule has 3 aromatic rings. The fraction of sp³-hybridized carbons (Fsp3) is 0.320. The van der Waals surface area contributed by atoms with Gasteiger partial charge in [0, 0.05) is 56.3 Å². The van der Waals surface area contributed by atoms with Gasteiger partial charge in [-0.05, 0) is 37.1 Å². The fourth-order valence-electron chi connectivity index (χ4n) is 4.57. The lowest BCUT2D eigenvalue weighted by atomic mass is 10.1. The number of rotatable bonds is 5. The van der Waals surface area contributed by atoms with Crippen LogP contribution in [-0.4, -0.2) is 56.7 Å². The second-order valence-corrected chi connectivity index (χ2v) is 8.59. The summed E-state index contributed by atoms with van der Waals surface area (Å²) in [6.07, 6.45) is 5.45. The van der Waals surface area contributed by atoms with Crippen molar-refractivity contribution in [3.8, 4) is 11.3 Å². The van der Waals surface area contributed by atoms with Gasteiger partial charge in [0.2, 0.25) is 11.8 Å². The molecule has 0 spiro atoms. The molecule has 1 aromatic carbocycles. The van der Waals surface area contributed by atoms with Gasteiger partial charge in [-0.2, -0.15) is 0 Å². The second-order valence-electron chi connectivity index (χ2n) is 8.59. The number of aromatic nitrogens is 3. The number of carbonyl (C=O) groups is 2. The largest absolute Gasteiger partial charge is 0.345 e. The maximum Gasteiger partial charge on any atom is 0.228 e. The average molecular weight is 443 g/mol.